The van der Waals surface area contributed by atoms with Gasteiger partial charge >= 0.3 is 0 Å². The van der Waals surface area contributed by atoms with E-state index in [0.29, 0.717) is 6.54 Å². The van der Waals surface area contributed by atoms with Crippen molar-refractivity contribution in [1.29, 1.82) is 0 Å². The van der Waals surface area contributed by atoms with Gasteiger partial charge < -0.3 is 14.8 Å². The molecule has 0 radical (unpaired) electrons. The first kappa shape index (κ1) is 12.8. The third-order valence-corrected chi connectivity index (χ3v) is 3.04. The summed E-state index contributed by atoms with van der Waals surface area (Å²) < 4.78 is 10.5. The first-order chi connectivity index (χ1) is 8.79. The summed E-state index contributed by atoms with van der Waals surface area (Å²) in [5.41, 5.74) is 0.916. The van der Waals surface area contributed by atoms with Gasteiger partial charge in [-0.1, -0.05) is 6.07 Å². The summed E-state index contributed by atoms with van der Waals surface area (Å²) in [4.78, 5) is 11.5. The van der Waals surface area contributed by atoms with Gasteiger partial charge in [-0.25, -0.2) is 0 Å². The molecule has 1 amide bonds. The molecular formula is C13H15NO3S. The molecule has 0 aromatic heterocycles. The molecular weight excluding hydrogens is 250 g/mol. The van der Waals surface area contributed by atoms with E-state index in [1.807, 2.05) is 24.5 Å². The van der Waals surface area contributed by atoms with Crippen LogP contribution >= 0.6 is 11.8 Å². The fourth-order valence-electron chi connectivity index (χ4n) is 1.52. The van der Waals surface area contributed by atoms with Gasteiger partial charge in [0.2, 0.25) is 12.7 Å². The number of amides is 1. The Labute approximate surface area is 110 Å². The lowest BCUT2D eigenvalue weighted by molar-refractivity contribution is -0.116. The maximum atomic E-state index is 11.5. The van der Waals surface area contributed by atoms with Gasteiger partial charge in [-0.2, -0.15) is 11.8 Å². The summed E-state index contributed by atoms with van der Waals surface area (Å²) in [5.74, 6) is 2.31. The van der Waals surface area contributed by atoms with Gasteiger partial charge in [0.1, 0.15) is 0 Å². The van der Waals surface area contributed by atoms with Gasteiger partial charge in [-0.3, -0.25) is 4.79 Å². The van der Waals surface area contributed by atoms with Crippen LogP contribution in [0.1, 0.15) is 5.56 Å². The number of thioether (sulfide) groups is 1. The largest absolute Gasteiger partial charge is 0.454 e. The molecule has 0 saturated carbocycles. The van der Waals surface area contributed by atoms with Crippen LogP contribution in [0.25, 0.3) is 6.08 Å². The molecule has 0 spiro atoms. The molecule has 96 valence electrons. The maximum Gasteiger partial charge on any atom is 0.244 e. The average Bonchev–Trinajstić information content (AvgIpc) is 2.84. The minimum atomic E-state index is -0.0817. The summed E-state index contributed by atoms with van der Waals surface area (Å²) in [6.07, 6.45) is 5.29. The third kappa shape index (κ3) is 3.43. The van der Waals surface area contributed by atoms with Crippen molar-refractivity contribution in [3.05, 3.63) is 29.8 Å². The van der Waals surface area contributed by atoms with Crippen LogP contribution in [0.2, 0.25) is 0 Å². The topological polar surface area (TPSA) is 47.6 Å². The highest BCUT2D eigenvalue weighted by molar-refractivity contribution is 7.98. The van der Waals surface area contributed by atoms with Gasteiger partial charge in [0.15, 0.2) is 11.5 Å². The molecule has 1 N–H and O–H groups in total. The molecule has 18 heavy (non-hydrogen) atoms. The van der Waals surface area contributed by atoms with E-state index in [1.165, 1.54) is 6.08 Å². The summed E-state index contributed by atoms with van der Waals surface area (Å²) >= 11 is 1.70. The van der Waals surface area contributed by atoms with Crippen molar-refractivity contribution in [2.45, 2.75) is 0 Å². The average molecular weight is 265 g/mol. The highest BCUT2D eigenvalue weighted by atomic mass is 32.2. The summed E-state index contributed by atoms with van der Waals surface area (Å²) in [7, 11) is 0. The molecule has 4 nitrogen and oxygen atoms in total. The van der Waals surface area contributed by atoms with Crippen molar-refractivity contribution < 1.29 is 14.3 Å². The van der Waals surface area contributed by atoms with Gasteiger partial charge in [-0.15, -0.1) is 0 Å². The Morgan fingerprint density at radius 2 is 2.28 bits per heavy atom. The van der Waals surface area contributed by atoms with E-state index in [4.69, 9.17) is 9.47 Å². The minimum absolute atomic E-state index is 0.0817. The molecule has 1 heterocycles. The molecule has 0 fully saturated rings. The standard InChI is InChI=1S/C13H15NO3S/c1-18-7-6-14-13(15)5-3-10-2-4-11-12(8-10)17-9-16-11/h2-5,8H,6-7,9H2,1H3,(H,14,15)/b5-3+. The van der Waals surface area contributed by atoms with E-state index in [2.05, 4.69) is 5.32 Å². The lowest BCUT2D eigenvalue weighted by atomic mass is 10.2. The van der Waals surface area contributed by atoms with E-state index >= 15 is 0 Å². The van der Waals surface area contributed by atoms with Crippen LogP contribution in [-0.4, -0.2) is 31.3 Å². The maximum absolute atomic E-state index is 11.5. The van der Waals surface area contributed by atoms with Crippen LogP contribution in [0.4, 0.5) is 0 Å². The van der Waals surface area contributed by atoms with Crippen LogP contribution in [0.3, 0.4) is 0 Å². The number of hydrogen-bond donors (Lipinski definition) is 1. The van der Waals surface area contributed by atoms with Crippen molar-refractivity contribution in [3.8, 4) is 11.5 Å². The Kier molecular flexibility index (Phi) is 4.52. The van der Waals surface area contributed by atoms with E-state index in [0.717, 1.165) is 22.8 Å². The molecule has 0 aliphatic carbocycles. The molecule has 1 aliphatic rings. The predicted octanol–water partition coefficient (Wildman–Crippen LogP) is 1.91. The first-order valence-corrected chi connectivity index (χ1v) is 7.03. The minimum Gasteiger partial charge on any atom is -0.454 e. The Bertz CT molecular complexity index is 460. The van der Waals surface area contributed by atoms with Gasteiger partial charge in [0, 0.05) is 18.4 Å². The van der Waals surface area contributed by atoms with Crippen molar-refractivity contribution in [2.75, 3.05) is 25.3 Å². The third-order valence-electron chi connectivity index (χ3n) is 2.43. The van der Waals surface area contributed by atoms with E-state index in [1.54, 1.807) is 17.8 Å². The van der Waals surface area contributed by atoms with Gasteiger partial charge in [0.25, 0.3) is 0 Å². The second-order valence-corrected chi connectivity index (χ2v) is 4.72. The fraction of sp³-hybridized carbons (Fsp3) is 0.308. The highest BCUT2D eigenvalue weighted by Crippen LogP contribution is 2.32. The van der Waals surface area contributed by atoms with Crippen molar-refractivity contribution in [1.82, 2.24) is 5.32 Å². The number of benzene rings is 1. The fourth-order valence-corrected chi connectivity index (χ4v) is 1.83. The first-order valence-electron chi connectivity index (χ1n) is 5.64. The molecule has 1 aromatic rings. The zero-order valence-electron chi connectivity index (χ0n) is 10.1. The molecule has 2 rings (SSSR count). The second-order valence-electron chi connectivity index (χ2n) is 3.73. The number of rotatable bonds is 5. The predicted molar refractivity (Wildman–Crippen MR) is 73.0 cm³/mol. The molecule has 0 saturated heterocycles. The van der Waals surface area contributed by atoms with Crippen LogP contribution in [0.5, 0.6) is 11.5 Å². The quantitative estimate of drug-likeness (QED) is 0.652. The Morgan fingerprint density at radius 1 is 1.44 bits per heavy atom. The smallest absolute Gasteiger partial charge is 0.244 e. The van der Waals surface area contributed by atoms with Crippen molar-refractivity contribution in [3.63, 3.8) is 0 Å². The normalized spacial score (nSPS) is 12.9. The summed E-state index contributed by atoms with van der Waals surface area (Å²) in [5, 5.41) is 2.80. The molecule has 0 atom stereocenters. The Balaban J connectivity index is 1.90. The number of carbonyl (C=O) groups is 1. The Hall–Kier alpha value is -1.62. The Morgan fingerprint density at radius 3 is 3.11 bits per heavy atom. The van der Waals surface area contributed by atoms with E-state index in [9.17, 15) is 4.79 Å². The lowest BCUT2D eigenvalue weighted by Gasteiger charge is -2.00. The van der Waals surface area contributed by atoms with Gasteiger partial charge in [0.05, 0.1) is 0 Å². The number of carbonyl (C=O) groups excluding carboxylic acids is 1. The van der Waals surface area contributed by atoms with Crippen molar-refractivity contribution in [2.24, 2.45) is 0 Å². The highest BCUT2D eigenvalue weighted by Gasteiger charge is 2.12. The number of nitrogens with one attached hydrogen (secondary N) is 1. The van der Waals surface area contributed by atoms with E-state index < -0.39 is 0 Å². The lowest BCUT2D eigenvalue weighted by Crippen LogP contribution is -2.23. The second kappa shape index (κ2) is 6.35. The van der Waals surface area contributed by atoms with Gasteiger partial charge in [-0.05, 0) is 30.0 Å². The molecule has 0 bridgehead atoms. The zero-order valence-corrected chi connectivity index (χ0v) is 11.0. The monoisotopic (exact) mass is 265 g/mol. The molecule has 1 aromatic carbocycles. The summed E-state index contributed by atoms with van der Waals surface area (Å²) in [6.45, 7) is 0.948. The number of fused-ring (bicyclic) bond motifs is 1. The van der Waals surface area contributed by atoms with Crippen LogP contribution in [0, 0.1) is 0 Å². The molecule has 5 heteroatoms. The molecule has 0 unspecified atom stereocenters. The van der Waals surface area contributed by atoms with E-state index in [-0.39, 0.29) is 12.7 Å². The SMILES string of the molecule is CSCCNC(=O)/C=C/c1ccc2c(c1)OCO2. The van der Waals surface area contributed by atoms with Crippen molar-refractivity contribution >= 4 is 23.7 Å². The van der Waals surface area contributed by atoms with Crippen LogP contribution in [-0.2, 0) is 4.79 Å². The van der Waals surface area contributed by atoms with Crippen LogP contribution < -0.4 is 14.8 Å². The number of ether oxygens (including phenoxy) is 2. The van der Waals surface area contributed by atoms with Crippen LogP contribution in [0.15, 0.2) is 24.3 Å². The molecule has 1 aliphatic heterocycles. The summed E-state index contributed by atoms with van der Waals surface area (Å²) in [6, 6.07) is 5.58. The zero-order chi connectivity index (χ0) is 12.8. The number of hydrogen-bond acceptors (Lipinski definition) is 4.